The van der Waals surface area contributed by atoms with E-state index in [0.29, 0.717) is 12.1 Å². The Bertz CT molecular complexity index is 311. The van der Waals surface area contributed by atoms with E-state index in [1.165, 1.54) is 41.5 Å². The van der Waals surface area contributed by atoms with Gasteiger partial charge in [-0.25, -0.2) is 0 Å². The monoisotopic (exact) mass is 317 g/mol. The summed E-state index contributed by atoms with van der Waals surface area (Å²) in [5.41, 5.74) is 0. The van der Waals surface area contributed by atoms with Crippen molar-refractivity contribution in [2.24, 2.45) is 0 Å². The van der Waals surface area contributed by atoms with Crippen molar-refractivity contribution in [3.8, 4) is 0 Å². The van der Waals surface area contributed by atoms with Crippen LogP contribution in [0.4, 0.5) is 0 Å². The van der Waals surface area contributed by atoms with Crippen molar-refractivity contribution < 1.29 is 0 Å². The van der Waals surface area contributed by atoms with Gasteiger partial charge in [-0.05, 0) is 47.1 Å². The Morgan fingerprint density at radius 2 is 2.06 bits per heavy atom. The summed E-state index contributed by atoms with van der Waals surface area (Å²) < 4.78 is 1.24. The zero-order valence-corrected chi connectivity index (χ0v) is 13.5. The summed E-state index contributed by atoms with van der Waals surface area (Å²) in [6.07, 6.45) is 6.47. The van der Waals surface area contributed by atoms with Gasteiger partial charge in [0.1, 0.15) is 0 Å². The molecule has 1 heterocycles. The summed E-state index contributed by atoms with van der Waals surface area (Å²) in [5, 5.41) is 5.93. The van der Waals surface area contributed by atoms with E-state index in [2.05, 4.69) is 53.5 Å². The second-order valence-electron chi connectivity index (χ2n) is 4.65. The predicted octanol–water partition coefficient (Wildman–Crippen LogP) is 5.52. The Morgan fingerprint density at radius 3 is 2.59 bits per heavy atom. The molecule has 0 aromatic carbocycles. The number of hydrogen-bond donors (Lipinski definition) is 1. The molecule has 0 radical (unpaired) electrons. The lowest BCUT2D eigenvalue weighted by Crippen LogP contribution is -2.31. The van der Waals surface area contributed by atoms with Gasteiger partial charge in [0.15, 0.2) is 0 Å². The van der Waals surface area contributed by atoms with Crippen LogP contribution >= 0.6 is 27.3 Å². The number of thiophene rings is 1. The van der Waals surface area contributed by atoms with Crippen molar-refractivity contribution in [2.45, 2.75) is 65.0 Å². The van der Waals surface area contributed by atoms with Crippen LogP contribution in [0, 0.1) is 0 Å². The Morgan fingerprint density at radius 1 is 1.29 bits per heavy atom. The fourth-order valence-corrected chi connectivity index (χ4v) is 3.89. The highest BCUT2D eigenvalue weighted by Crippen LogP contribution is 2.29. The van der Waals surface area contributed by atoms with Crippen LogP contribution in [-0.4, -0.2) is 6.04 Å². The molecule has 0 aliphatic rings. The minimum atomic E-state index is 0.456. The molecule has 0 saturated carbocycles. The molecule has 1 aromatic rings. The lowest BCUT2D eigenvalue weighted by Gasteiger charge is -2.22. The van der Waals surface area contributed by atoms with Crippen LogP contribution in [0.25, 0.3) is 0 Å². The quantitative estimate of drug-likeness (QED) is 0.665. The first-order chi connectivity index (χ1) is 8.19. The van der Waals surface area contributed by atoms with Crippen LogP contribution in [0.15, 0.2) is 15.9 Å². The maximum absolute atomic E-state index is 3.78. The third-order valence-electron chi connectivity index (χ3n) is 3.07. The lowest BCUT2D eigenvalue weighted by molar-refractivity contribution is 0.398. The van der Waals surface area contributed by atoms with Crippen molar-refractivity contribution in [2.75, 3.05) is 0 Å². The maximum atomic E-state index is 3.78. The Kier molecular flexibility index (Phi) is 7.40. The molecular formula is C14H24BrNS. The summed E-state index contributed by atoms with van der Waals surface area (Å²) in [6, 6.07) is 3.26. The van der Waals surface area contributed by atoms with Gasteiger partial charge in [0.05, 0.1) is 0 Å². The summed E-state index contributed by atoms with van der Waals surface area (Å²) in [7, 11) is 0. The van der Waals surface area contributed by atoms with E-state index in [4.69, 9.17) is 0 Å². The lowest BCUT2D eigenvalue weighted by atomic mass is 10.0. The largest absolute Gasteiger partial charge is 0.307 e. The second-order valence-corrected chi connectivity index (χ2v) is 6.45. The van der Waals surface area contributed by atoms with Gasteiger partial charge in [-0.15, -0.1) is 11.3 Å². The van der Waals surface area contributed by atoms with Crippen molar-refractivity contribution in [1.82, 2.24) is 5.32 Å². The van der Waals surface area contributed by atoms with Crippen LogP contribution < -0.4 is 5.32 Å². The van der Waals surface area contributed by atoms with Gasteiger partial charge >= 0.3 is 0 Å². The van der Waals surface area contributed by atoms with Crippen LogP contribution in [0.2, 0.25) is 0 Å². The Balaban J connectivity index is 2.51. The molecule has 0 aliphatic carbocycles. The van der Waals surface area contributed by atoms with E-state index in [-0.39, 0.29) is 0 Å². The molecule has 0 fully saturated rings. The number of nitrogens with one attached hydrogen (secondary N) is 1. The van der Waals surface area contributed by atoms with Gasteiger partial charge in [-0.2, -0.15) is 0 Å². The molecule has 0 spiro atoms. The zero-order valence-electron chi connectivity index (χ0n) is 11.1. The molecule has 1 aromatic heterocycles. The minimum Gasteiger partial charge on any atom is -0.307 e. The van der Waals surface area contributed by atoms with Gasteiger partial charge in [0.2, 0.25) is 0 Å². The Labute approximate surface area is 118 Å². The van der Waals surface area contributed by atoms with E-state index in [9.17, 15) is 0 Å². The van der Waals surface area contributed by atoms with Crippen molar-refractivity contribution in [3.63, 3.8) is 0 Å². The third kappa shape index (κ3) is 5.11. The van der Waals surface area contributed by atoms with Crippen molar-refractivity contribution in [3.05, 3.63) is 20.8 Å². The molecule has 2 unspecified atom stereocenters. The first-order valence-corrected chi connectivity index (χ1v) is 8.35. The summed E-state index contributed by atoms with van der Waals surface area (Å²) in [6.45, 7) is 6.81. The van der Waals surface area contributed by atoms with Gasteiger partial charge in [-0.1, -0.05) is 33.1 Å². The Hall–Kier alpha value is 0.140. The van der Waals surface area contributed by atoms with Gasteiger partial charge < -0.3 is 5.32 Å². The molecule has 0 amide bonds. The highest BCUT2D eigenvalue weighted by atomic mass is 79.9. The molecule has 0 aliphatic heterocycles. The molecule has 0 bridgehead atoms. The molecule has 2 atom stereocenters. The van der Waals surface area contributed by atoms with Crippen LogP contribution in [0.5, 0.6) is 0 Å². The molecule has 3 heteroatoms. The van der Waals surface area contributed by atoms with E-state index < -0.39 is 0 Å². The molecule has 1 N–H and O–H groups in total. The molecule has 0 saturated heterocycles. The zero-order chi connectivity index (χ0) is 12.7. The van der Waals surface area contributed by atoms with Crippen molar-refractivity contribution >= 4 is 27.3 Å². The second kappa shape index (κ2) is 8.28. The van der Waals surface area contributed by atoms with E-state index in [0.717, 1.165) is 0 Å². The van der Waals surface area contributed by atoms with Crippen LogP contribution in [0.1, 0.15) is 63.8 Å². The normalized spacial score (nSPS) is 14.8. The van der Waals surface area contributed by atoms with Gasteiger partial charge in [0, 0.05) is 21.4 Å². The molecule has 1 nitrogen and oxygen atoms in total. The molecule has 1 rings (SSSR count). The van der Waals surface area contributed by atoms with Gasteiger partial charge in [0.25, 0.3) is 0 Å². The fourth-order valence-electron chi connectivity index (χ4n) is 2.15. The highest BCUT2D eigenvalue weighted by molar-refractivity contribution is 9.10. The predicted molar refractivity (Wildman–Crippen MR) is 81.8 cm³/mol. The molecule has 17 heavy (non-hydrogen) atoms. The molecule has 98 valence electrons. The first-order valence-electron chi connectivity index (χ1n) is 6.67. The number of rotatable bonds is 8. The summed E-state index contributed by atoms with van der Waals surface area (Å²) in [5.74, 6) is 0. The van der Waals surface area contributed by atoms with Gasteiger partial charge in [-0.3, -0.25) is 0 Å². The van der Waals surface area contributed by atoms with Crippen LogP contribution in [-0.2, 0) is 0 Å². The number of hydrogen-bond acceptors (Lipinski definition) is 2. The van der Waals surface area contributed by atoms with E-state index in [1.807, 2.05) is 11.3 Å². The standard InChI is InChI=1S/C14H24BrNS/c1-4-6-8-12(7-5-2)16-11(3)14-13(15)9-10-17-14/h9-12,16H,4-8H2,1-3H3. The number of halogens is 1. The van der Waals surface area contributed by atoms with Crippen LogP contribution in [0.3, 0.4) is 0 Å². The SMILES string of the molecule is CCCCC(CCC)NC(C)c1sccc1Br. The number of unbranched alkanes of at least 4 members (excludes halogenated alkanes) is 1. The minimum absolute atomic E-state index is 0.456. The molecular weight excluding hydrogens is 294 g/mol. The highest BCUT2D eigenvalue weighted by Gasteiger charge is 2.15. The summed E-state index contributed by atoms with van der Waals surface area (Å²) in [4.78, 5) is 1.42. The topological polar surface area (TPSA) is 12.0 Å². The first kappa shape index (κ1) is 15.2. The maximum Gasteiger partial charge on any atom is 0.0399 e. The fraction of sp³-hybridized carbons (Fsp3) is 0.714. The third-order valence-corrected chi connectivity index (χ3v) is 5.12. The average Bonchev–Trinajstić information content (AvgIpc) is 2.72. The average molecular weight is 318 g/mol. The summed E-state index contributed by atoms with van der Waals surface area (Å²) >= 11 is 5.45. The van der Waals surface area contributed by atoms with E-state index >= 15 is 0 Å². The smallest absolute Gasteiger partial charge is 0.0399 e. The van der Waals surface area contributed by atoms with E-state index in [1.54, 1.807) is 0 Å². The van der Waals surface area contributed by atoms with Crippen molar-refractivity contribution in [1.29, 1.82) is 0 Å².